The molecule has 6 nitrogen and oxygen atoms in total. The summed E-state index contributed by atoms with van der Waals surface area (Å²) in [5.74, 6) is 0.0693. The Hall–Kier alpha value is -2.44. The summed E-state index contributed by atoms with van der Waals surface area (Å²) in [6, 6.07) is 7.82. The normalized spacial score (nSPS) is 26.6. The number of Topliss-reactive ketones (excluding diaryl/α,β-unsaturated/α-hetero) is 1. The molecule has 1 atom stereocenters. The van der Waals surface area contributed by atoms with Crippen LogP contribution < -0.4 is 10.6 Å². The van der Waals surface area contributed by atoms with Crippen LogP contribution in [0.1, 0.15) is 5.56 Å². The minimum atomic E-state index is -1.51. The first-order valence-corrected chi connectivity index (χ1v) is 7.09. The lowest BCUT2D eigenvalue weighted by Gasteiger charge is -2.32. The number of para-hydroxylation sites is 1. The number of rotatable bonds is 1. The number of ketones is 1. The minimum absolute atomic E-state index is 0.00507. The molecule has 2 heterocycles. The van der Waals surface area contributed by atoms with Crippen LogP contribution in [0.3, 0.4) is 0 Å². The van der Waals surface area contributed by atoms with Gasteiger partial charge in [-0.1, -0.05) is 18.2 Å². The van der Waals surface area contributed by atoms with Crippen molar-refractivity contribution in [3.8, 4) is 0 Å². The average Bonchev–Trinajstić information content (AvgIpc) is 2.80. The first-order valence-electron chi connectivity index (χ1n) is 7.09. The SMILES string of the molecule is NC12OCOC1=CC=C(N1CCN=Cc3ccccc31)C2=O. The van der Waals surface area contributed by atoms with E-state index in [0.29, 0.717) is 24.5 Å². The molecular weight excluding hydrogens is 282 g/mol. The second kappa shape index (κ2) is 4.79. The maximum atomic E-state index is 12.8. The second-order valence-corrected chi connectivity index (χ2v) is 5.30. The molecule has 1 aromatic carbocycles. The van der Waals surface area contributed by atoms with Crippen LogP contribution >= 0.6 is 0 Å². The number of fused-ring (bicyclic) bond motifs is 2. The number of benzene rings is 1. The molecule has 0 bridgehead atoms. The number of allylic oxidation sites excluding steroid dienone is 2. The van der Waals surface area contributed by atoms with Gasteiger partial charge in [0.15, 0.2) is 12.6 Å². The molecule has 1 aliphatic carbocycles. The molecule has 0 radical (unpaired) electrons. The highest BCUT2D eigenvalue weighted by atomic mass is 16.7. The van der Waals surface area contributed by atoms with Crippen molar-refractivity contribution in [2.45, 2.75) is 5.72 Å². The number of carbonyl (C=O) groups excluding carboxylic acids is 1. The van der Waals surface area contributed by atoms with Crippen molar-refractivity contribution in [3.63, 3.8) is 0 Å². The summed E-state index contributed by atoms with van der Waals surface area (Å²) in [6.07, 6.45) is 5.27. The topological polar surface area (TPSA) is 77.2 Å². The Morgan fingerprint density at radius 3 is 3.05 bits per heavy atom. The van der Waals surface area contributed by atoms with E-state index < -0.39 is 5.72 Å². The van der Waals surface area contributed by atoms with E-state index in [-0.39, 0.29) is 12.6 Å². The molecule has 0 spiro atoms. The third kappa shape index (κ3) is 1.81. The molecule has 3 aliphatic rings. The van der Waals surface area contributed by atoms with Crippen LogP contribution in [0.15, 0.2) is 52.9 Å². The van der Waals surface area contributed by atoms with E-state index in [1.54, 1.807) is 12.2 Å². The van der Waals surface area contributed by atoms with Crippen LogP contribution in [-0.2, 0) is 14.3 Å². The fourth-order valence-corrected chi connectivity index (χ4v) is 2.88. The number of nitrogens with zero attached hydrogens (tertiary/aromatic N) is 2. The number of hydrogen-bond acceptors (Lipinski definition) is 6. The largest absolute Gasteiger partial charge is 0.467 e. The zero-order valence-electron chi connectivity index (χ0n) is 11.9. The highest BCUT2D eigenvalue weighted by molar-refractivity contribution is 6.08. The number of aliphatic imine (C=N–C) groups is 1. The van der Waals surface area contributed by atoms with Crippen LogP contribution in [-0.4, -0.2) is 37.6 Å². The molecule has 1 unspecified atom stereocenters. The Bertz CT molecular complexity index is 738. The Balaban J connectivity index is 1.79. The van der Waals surface area contributed by atoms with Gasteiger partial charge in [0.05, 0.1) is 17.9 Å². The monoisotopic (exact) mass is 297 g/mol. The molecule has 112 valence electrons. The molecule has 1 aromatic rings. The molecule has 0 aromatic heterocycles. The van der Waals surface area contributed by atoms with E-state index >= 15 is 0 Å². The van der Waals surface area contributed by atoms with Gasteiger partial charge < -0.3 is 14.4 Å². The Morgan fingerprint density at radius 1 is 1.27 bits per heavy atom. The molecule has 2 N–H and O–H groups in total. The van der Waals surface area contributed by atoms with Gasteiger partial charge in [-0.2, -0.15) is 0 Å². The maximum absolute atomic E-state index is 12.8. The van der Waals surface area contributed by atoms with Crippen molar-refractivity contribution < 1.29 is 14.3 Å². The van der Waals surface area contributed by atoms with Gasteiger partial charge in [0, 0.05) is 18.3 Å². The predicted molar refractivity (Wildman–Crippen MR) is 81.4 cm³/mol. The Labute approximate surface area is 127 Å². The lowest BCUT2D eigenvalue weighted by atomic mass is 9.97. The zero-order valence-corrected chi connectivity index (χ0v) is 11.9. The van der Waals surface area contributed by atoms with Crippen molar-refractivity contribution in [2.24, 2.45) is 10.7 Å². The fraction of sp³-hybridized carbons (Fsp3) is 0.250. The number of hydrogen-bond donors (Lipinski definition) is 1. The molecule has 2 aliphatic heterocycles. The average molecular weight is 297 g/mol. The number of carbonyl (C=O) groups is 1. The van der Waals surface area contributed by atoms with E-state index in [9.17, 15) is 4.79 Å². The summed E-state index contributed by atoms with van der Waals surface area (Å²) in [5.41, 5.74) is 6.99. The van der Waals surface area contributed by atoms with Crippen LogP contribution in [0.5, 0.6) is 0 Å². The van der Waals surface area contributed by atoms with E-state index in [2.05, 4.69) is 4.99 Å². The van der Waals surface area contributed by atoms with Crippen LogP contribution in [0.2, 0.25) is 0 Å². The zero-order chi connectivity index (χ0) is 15.2. The summed E-state index contributed by atoms with van der Waals surface area (Å²) < 4.78 is 10.6. The van der Waals surface area contributed by atoms with Crippen molar-refractivity contribution in [1.82, 2.24) is 0 Å². The molecule has 0 amide bonds. The van der Waals surface area contributed by atoms with Crippen LogP contribution in [0.25, 0.3) is 0 Å². The third-order valence-electron chi connectivity index (χ3n) is 4.03. The highest BCUT2D eigenvalue weighted by Gasteiger charge is 2.49. The van der Waals surface area contributed by atoms with E-state index in [4.69, 9.17) is 15.2 Å². The van der Waals surface area contributed by atoms with Gasteiger partial charge in [-0.15, -0.1) is 0 Å². The molecule has 1 fully saturated rings. The molecule has 1 saturated heterocycles. The van der Waals surface area contributed by atoms with E-state index in [1.807, 2.05) is 35.4 Å². The van der Waals surface area contributed by atoms with Gasteiger partial charge >= 0.3 is 0 Å². The number of nitrogens with two attached hydrogens (primary N) is 1. The summed E-state index contributed by atoms with van der Waals surface area (Å²) >= 11 is 0. The second-order valence-electron chi connectivity index (χ2n) is 5.30. The first-order chi connectivity index (χ1) is 10.7. The standard InChI is InChI=1S/C16H15N3O3/c17-16-14(21-10-22-16)6-5-13(15(16)20)19-8-7-18-9-11-3-1-2-4-12(11)19/h1-6,9H,7-8,10,17H2. The lowest BCUT2D eigenvalue weighted by Crippen LogP contribution is -2.53. The van der Waals surface area contributed by atoms with Crippen LogP contribution in [0, 0.1) is 0 Å². The summed E-state index contributed by atoms with van der Waals surface area (Å²) in [6.45, 7) is 1.20. The summed E-state index contributed by atoms with van der Waals surface area (Å²) in [5, 5.41) is 0. The molecule has 0 saturated carbocycles. The number of ether oxygens (including phenoxy) is 2. The van der Waals surface area contributed by atoms with Crippen LogP contribution in [0.4, 0.5) is 5.69 Å². The van der Waals surface area contributed by atoms with Gasteiger partial charge in [0.1, 0.15) is 0 Å². The van der Waals surface area contributed by atoms with E-state index in [0.717, 1.165) is 11.3 Å². The number of benzodiazepines with no additional fused rings is 1. The smallest absolute Gasteiger partial charge is 0.244 e. The van der Waals surface area contributed by atoms with Crippen molar-refractivity contribution >= 4 is 17.7 Å². The first kappa shape index (κ1) is 13.2. The van der Waals surface area contributed by atoms with Crippen molar-refractivity contribution in [3.05, 3.63) is 53.4 Å². The third-order valence-corrected chi connectivity index (χ3v) is 4.03. The summed E-state index contributed by atoms with van der Waals surface area (Å²) in [4.78, 5) is 19.1. The summed E-state index contributed by atoms with van der Waals surface area (Å²) in [7, 11) is 0. The van der Waals surface area contributed by atoms with Gasteiger partial charge in [-0.05, 0) is 18.2 Å². The maximum Gasteiger partial charge on any atom is 0.244 e. The quantitative estimate of drug-likeness (QED) is 0.834. The van der Waals surface area contributed by atoms with Crippen molar-refractivity contribution in [2.75, 3.05) is 24.8 Å². The van der Waals surface area contributed by atoms with Gasteiger partial charge in [0.2, 0.25) is 11.5 Å². The Morgan fingerprint density at radius 2 is 2.14 bits per heavy atom. The molecule has 4 rings (SSSR count). The Kier molecular flexibility index (Phi) is 2.88. The van der Waals surface area contributed by atoms with Gasteiger partial charge in [-0.25, -0.2) is 0 Å². The molecule has 6 heteroatoms. The predicted octanol–water partition coefficient (Wildman–Crippen LogP) is 0.935. The minimum Gasteiger partial charge on any atom is -0.467 e. The number of anilines is 1. The highest BCUT2D eigenvalue weighted by Crippen LogP contribution is 2.35. The van der Waals surface area contributed by atoms with Gasteiger partial charge in [0.25, 0.3) is 0 Å². The fourth-order valence-electron chi connectivity index (χ4n) is 2.88. The van der Waals surface area contributed by atoms with Crippen molar-refractivity contribution in [1.29, 1.82) is 0 Å². The lowest BCUT2D eigenvalue weighted by molar-refractivity contribution is -0.132. The van der Waals surface area contributed by atoms with E-state index in [1.165, 1.54) is 0 Å². The van der Waals surface area contributed by atoms with Gasteiger partial charge in [-0.3, -0.25) is 15.5 Å². The molecular formula is C16H15N3O3. The molecule has 22 heavy (non-hydrogen) atoms.